The average Bonchev–Trinajstić information content (AvgIpc) is 2.85. The van der Waals surface area contributed by atoms with Crippen LogP contribution in [0.3, 0.4) is 0 Å². The van der Waals surface area contributed by atoms with Gasteiger partial charge in [-0.25, -0.2) is 0 Å². The standard InChI is InChI=1S/C16H19F3N2O2/c1-3-21-13(6-7-14(21)22)15(23)20-9-11-5-4-10(2)8-12(11)16(17,18)19/h4-5,8,13H,3,6-7,9H2,1-2H3,(H,20,23). The van der Waals surface area contributed by atoms with E-state index in [-0.39, 0.29) is 18.0 Å². The van der Waals surface area contributed by atoms with Gasteiger partial charge in [0.1, 0.15) is 6.04 Å². The molecule has 1 heterocycles. The third-order valence-electron chi connectivity index (χ3n) is 4.00. The largest absolute Gasteiger partial charge is 0.416 e. The number of alkyl halides is 3. The molecule has 0 aliphatic carbocycles. The number of hydrogen-bond donors (Lipinski definition) is 1. The number of amides is 2. The summed E-state index contributed by atoms with van der Waals surface area (Å²) in [7, 11) is 0. The van der Waals surface area contributed by atoms with Gasteiger partial charge < -0.3 is 10.2 Å². The van der Waals surface area contributed by atoms with Crippen LogP contribution in [0.2, 0.25) is 0 Å². The van der Waals surface area contributed by atoms with E-state index in [1.807, 2.05) is 0 Å². The molecule has 1 fully saturated rings. The number of carbonyl (C=O) groups is 2. The minimum atomic E-state index is -4.47. The van der Waals surface area contributed by atoms with Crippen LogP contribution in [0, 0.1) is 6.92 Å². The van der Waals surface area contributed by atoms with Crippen molar-refractivity contribution in [2.75, 3.05) is 6.54 Å². The Labute approximate surface area is 132 Å². The van der Waals surface area contributed by atoms with E-state index in [2.05, 4.69) is 5.32 Å². The zero-order valence-electron chi connectivity index (χ0n) is 13.0. The highest BCUT2D eigenvalue weighted by atomic mass is 19.4. The quantitative estimate of drug-likeness (QED) is 0.924. The molecule has 1 saturated heterocycles. The number of nitrogens with zero attached hydrogens (tertiary/aromatic N) is 1. The Kier molecular flexibility index (Phi) is 4.97. The molecule has 0 spiro atoms. The SMILES string of the molecule is CCN1C(=O)CCC1C(=O)NCc1ccc(C)cc1C(F)(F)F. The zero-order valence-corrected chi connectivity index (χ0v) is 13.0. The summed E-state index contributed by atoms with van der Waals surface area (Å²) in [4.78, 5) is 25.2. The Morgan fingerprint density at radius 1 is 1.39 bits per heavy atom. The summed E-state index contributed by atoms with van der Waals surface area (Å²) >= 11 is 0. The second-order valence-corrected chi connectivity index (χ2v) is 5.61. The Hall–Kier alpha value is -2.05. The molecular weight excluding hydrogens is 309 g/mol. The lowest BCUT2D eigenvalue weighted by molar-refractivity contribution is -0.138. The van der Waals surface area contributed by atoms with Crippen LogP contribution in [0.5, 0.6) is 0 Å². The lowest BCUT2D eigenvalue weighted by Gasteiger charge is -2.22. The second kappa shape index (κ2) is 6.60. The first kappa shape index (κ1) is 17.3. The first-order valence-electron chi connectivity index (χ1n) is 7.48. The van der Waals surface area contributed by atoms with E-state index < -0.39 is 23.7 Å². The molecule has 7 heteroatoms. The zero-order chi connectivity index (χ0) is 17.2. The second-order valence-electron chi connectivity index (χ2n) is 5.61. The van der Waals surface area contributed by atoms with Crippen LogP contribution in [-0.4, -0.2) is 29.3 Å². The average molecular weight is 328 g/mol. The van der Waals surface area contributed by atoms with Crippen molar-refractivity contribution in [3.8, 4) is 0 Å². The van der Waals surface area contributed by atoms with E-state index in [9.17, 15) is 22.8 Å². The smallest absolute Gasteiger partial charge is 0.350 e. The van der Waals surface area contributed by atoms with Gasteiger partial charge in [0.2, 0.25) is 11.8 Å². The van der Waals surface area contributed by atoms with Crippen LogP contribution in [0.1, 0.15) is 36.5 Å². The van der Waals surface area contributed by atoms with Gasteiger partial charge >= 0.3 is 6.18 Å². The van der Waals surface area contributed by atoms with Crippen molar-refractivity contribution in [1.29, 1.82) is 0 Å². The Morgan fingerprint density at radius 2 is 2.09 bits per heavy atom. The van der Waals surface area contributed by atoms with Crippen molar-refractivity contribution in [2.45, 2.75) is 45.5 Å². The summed E-state index contributed by atoms with van der Waals surface area (Å²) < 4.78 is 39.2. The molecule has 4 nitrogen and oxygen atoms in total. The van der Waals surface area contributed by atoms with Crippen LogP contribution < -0.4 is 5.32 Å². The Balaban J connectivity index is 2.09. The highest BCUT2D eigenvalue weighted by molar-refractivity contribution is 5.90. The molecular formula is C16H19F3N2O2. The van der Waals surface area contributed by atoms with E-state index in [1.165, 1.54) is 11.0 Å². The fraction of sp³-hybridized carbons (Fsp3) is 0.500. The van der Waals surface area contributed by atoms with Crippen LogP contribution in [0.15, 0.2) is 18.2 Å². The predicted octanol–water partition coefficient (Wildman–Crippen LogP) is 2.64. The summed E-state index contributed by atoms with van der Waals surface area (Å²) in [6.45, 7) is 3.55. The minimum Gasteiger partial charge on any atom is -0.350 e. The summed E-state index contributed by atoms with van der Waals surface area (Å²) in [5, 5.41) is 2.52. The number of likely N-dealkylation sites (N-methyl/N-ethyl adjacent to an activating group) is 1. The van der Waals surface area contributed by atoms with Crippen LogP contribution in [-0.2, 0) is 22.3 Å². The molecule has 1 aliphatic rings. The monoisotopic (exact) mass is 328 g/mol. The van der Waals surface area contributed by atoms with Crippen molar-refractivity contribution in [3.05, 3.63) is 34.9 Å². The van der Waals surface area contributed by atoms with Gasteiger partial charge in [0.05, 0.1) is 5.56 Å². The third-order valence-corrected chi connectivity index (χ3v) is 4.00. The molecule has 1 atom stereocenters. The lowest BCUT2D eigenvalue weighted by atomic mass is 10.0. The number of rotatable bonds is 4. The Bertz CT molecular complexity index is 614. The van der Waals surface area contributed by atoms with Gasteiger partial charge in [-0.3, -0.25) is 9.59 Å². The first-order chi connectivity index (χ1) is 10.7. The van der Waals surface area contributed by atoms with Crippen molar-refractivity contribution in [1.82, 2.24) is 10.2 Å². The van der Waals surface area contributed by atoms with Crippen molar-refractivity contribution in [3.63, 3.8) is 0 Å². The molecule has 1 unspecified atom stereocenters. The lowest BCUT2D eigenvalue weighted by Crippen LogP contribution is -2.44. The van der Waals surface area contributed by atoms with Crippen molar-refractivity contribution >= 4 is 11.8 Å². The maximum Gasteiger partial charge on any atom is 0.416 e. The minimum absolute atomic E-state index is 0.0174. The van der Waals surface area contributed by atoms with Gasteiger partial charge in [-0.05, 0) is 31.9 Å². The van der Waals surface area contributed by atoms with E-state index in [4.69, 9.17) is 0 Å². The fourth-order valence-corrected chi connectivity index (χ4v) is 2.81. The molecule has 126 valence electrons. The molecule has 2 amide bonds. The van der Waals surface area contributed by atoms with Crippen molar-refractivity contribution in [2.24, 2.45) is 0 Å². The molecule has 0 aromatic heterocycles. The summed E-state index contributed by atoms with van der Waals surface area (Å²) in [5.41, 5.74) is -0.220. The number of hydrogen-bond acceptors (Lipinski definition) is 2. The number of aryl methyl sites for hydroxylation is 1. The van der Waals surface area contributed by atoms with E-state index >= 15 is 0 Å². The number of carbonyl (C=O) groups excluding carboxylic acids is 2. The number of likely N-dealkylation sites (tertiary alicyclic amines) is 1. The van der Waals surface area contributed by atoms with Gasteiger partial charge in [0.25, 0.3) is 0 Å². The molecule has 0 radical (unpaired) electrons. The van der Waals surface area contributed by atoms with E-state index in [0.29, 0.717) is 24.9 Å². The van der Waals surface area contributed by atoms with E-state index in [1.54, 1.807) is 19.9 Å². The predicted molar refractivity (Wildman–Crippen MR) is 78.4 cm³/mol. The maximum atomic E-state index is 13.1. The molecule has 0 bridgehead atoms. The molecule has 1 aliphatic heterocycles. The highest BCUT2D eigenvalue weighted by Gasteiger charge is 2.36. The third kappa shape index (κ3) is 3.83. The topological polar surface area (TPSA) is 49.4 Å². The van der Waals surface area contributed by atoms with E-state index in [0.717, 1.165) is 6.07 Å². The maximum absolute atomic E-state index is 13.1. The Morgan fingerprint density at radius 3 is 2.70 bits per heavy atom. The number of halogens is 3. The summed E-state index contributed by atoms with van der Waals surface area (Å²) in [5.74, 6) is -0.509. The van der Waals surface area contributed by atoms with Gasteiger partial charge in [-0.15, -0.1) is 0 Å². The molecule has 1 aromatic rings. The number of benzene rings is 1. The molecule has 2 rings (SSSR count). The molecule has 1 aromatic carbocycles. The molecule has 23 heavy (non-hydrogen) atoms. The van der Waals surface area contributed by atoms with Crippen LogP contribution in [0.4, 0.5) is 13.2 Å². The highest BCUT2D eigenvalue weighted by Crippen LogP contribution is 2.32. The van der Waals surface area contributed by atoms with Gasteiger partial charge in [-0.1, -0.05) is 17.7 Å². The van der Waals surface area contributed by atoms with Crippen molar-refractivity contribution < 1.29 is 22.8 Å². The van der Waals surface area contributed by atoms with Gasteiger partial charge in [-0.2, -0.15) is 13.2 Å². The molecule has 0 saturated carbocycles. The summed E-state index contributed by atoms with van der Waals surface area (Å²) in [6, 6.07) is 3.43. The summed E-state index contributed by atoms with van der Waals surface area (Å²) in [6.07, 6.45) is -3.77. The normalized spacial score (nSPS) is 18.4. The van der Waals surface area contributed by atoms with Gasteiger partial charge in [0, 0.05) is 19.5 Å². The number of nitrogens with one attached hydrogen (secondary N) is 1. The first-order valence-corrected chi connectivity index (χ1v) is 7.48. The van der Waals surface area contributed by atoms with Crippen LogP contribution in [0.25, 0.3) is 0 Å². The fourth-order valence-electron chi connectivity index (χ4n) is 2.81. The molecule has 1 N–H and O–H groups in total. The van der Waals surface area contributed by atoms with Gasteiger partial charge in [0.15, 0.2) is 0 Å². The van der Waals surface area contributed by atoms with Crippen LogP contribution >= 0.6 is 0 Å².